The number of amides is 3. The summed E-state index contributed by atoms with van der Waals surface area (Å²) in [5, 5.41) is 7.55. The van der Waals surface area contributed by atoms with Crippen LogP contribution in [0, 0.1) is 0 Å². The van der Waals surface area contributed by atoms with Crippen molar-refractivity contribution in [2.24, 2.45) is 0 Å². The summed E-state index contributed by atoms with van der Waals surface area (Å²) in [5.74, 6) is -1.21. The Morgan fingerprint density at radius 1 is 1.15 bits per heavy atom. The lowest BCUT2D eigenvalue weighted by Gasteiger charge is -2.19. The predicted molar refractivity (Wildman–Crippen MR) is 96.8 cm³/mol. The molecule has 1 rings (SSSR count). The van der Waals surface area contributed by atoms with E-state index >= 15 is 0 Å². The smallest absolute Gasteiger partial charge is 0.243 e. The summed E-state index contributed by atoms with van der Waals surface area (Å²) in [6.07, 6.45) is 0. The first kappa shape index (κ1) is 21.6. The predicted octanol–water partition coefficient (Wildman–Crippen LogP) is -0.0937. The molecule has 0 radical (unpaired) electrons. The van der Waals surface area contributed by atoms with Crippen LogP contribution >= 0.6 is 0 Å². The number of anilines is 1. The third-order valence-corrected chi connectivity index (χ3v) is 5.19. The van der Waals surface area contributed by atoms with E-state index in [0.717, 1.165) is 4.31 Å². The van der Waals surface area contributed by atoms with Crippen molar-refractivity contribution in [1.82, 2.24) is 14.9 Å². The minimum Gasteiger partial charge on any atom is -0.355 e. The van der Waals surface area contributed by atoms with Crippen LogP contribution in [0.1, 0.15) is 20.8 Å². The minimum absolute atomic E-state index is 0.0151. The summed E-state index contributed by atoms with van der Waals surface area (Å²) in [4.78, 5) is 34.6. The van der Waals surface area contributed by atoms with Crippen LogP contribution in [0.2, 0.25) is 0 Å². The fraction of sp³-hybridized carbons (Fsp3) is 0.438. The van der Waals surface area contributed by atoms with E-state index in [1.165, 1.54) is 45.2 Å². The number of carbonyl (C=O) groups is 3. The first-order valence-corrected chi connectivity index (χ1v) is 9.43. The average molecular weight is 384 g/mol. The van der Waals surface area contributed by atoms with Crippen molar-refractivity contribution in [2.45, 2.75) is 31.7 Å². The third-order valence-electron chi connectivity index (χ3n) is 3.37. The van der Waals surface area contributed by atoms with E-state index in [2.05, 4.69) is 16.0 Å². The molecule has 144 valence electrons. The van der Waals surface area contributed by atoms with E-state index in [-0.39, 0.29) is 16.7 Å². The van der Waals surface area contributed by atoms with Crippen LogP contribution in [0.4, 0.5) is 5.69 Å². The summed E-state index contributed by atoms with van der Waals surface area (Å²) >= 11 is 0. The Hall–Kier alpha value is -2.46. The summed E-state index contributed by atoms with van der Waals surface area (Å²) < 4.78 is 25.9. The van der Waals surface area contributed by atoms with E-state index in [1.807, 2.05) is 0 Å². The van der Waals surface area contributed by atoms with Gasteiger partial charge in [-0.2, -0.15) is 4.31 Å². The van der Waals surface area contributed by atoms with Crippen molar-refractivity contribution in [3.05, 3.63) is 24.3 Å². The lowest BCUT2D eigenvalue weighted by molar-refractivity contribution is -0.128. The van der Waals surface area contributed by atoms with E-state index < -0.39 is 28.5 Å². The SMILES string of the molecule is CCNC(=O)[C@@H](C)NC(=O)CN(C)S(=O)(=O)c1ccc(NC(C)=O)cc1. The molecule has 0 aliphatic heterocycles. The number of sulfonamides is 1. The Balaban J connectivity index is 2.75. The van der Waals surface area contributed by atoms with Crippen molar-refractivity contribution >= 4 is 33.4 Å². The molecule has 9 nitrogen and oxygen atoms in total. The third kappa shape index (κ3) is 6.12. The standard InChI is InChI=1S/C16H24N4O5S/c1-5-17-16(23)11(2)18-15(22)10-20(4)26(24,25)14-8-6-13(7-9-14)19-12(3)21/h6-9,11H,5,10H2,1-4H3,(H,17,23)(H,18,22)(H,19,21)/t11-/m1/s1. The second kappa shape index (κ2) is 9.30. The molecule has 0 saturated carbocycles. The van der Waals surface area contributed by atoms with Crippen molar-refractivity contribution < 1.29 is 22.8 Å². The summed E-state index contributed by atoms with van der Waals surface area (Å²) in [6.45, 7) is 4.61. The zero-order valence-electron chi connectivity index (χ0n) is 15.2. The molecule has 0 aromatic heterocycles. The molecule has 0 unspecified atom stereocenters. The molecule has 1 aromatic rings. The highest BCUT2D eigenvalue weighted by molar-refractivity contribution is 7.89. The highest BCUT2D eigenvalue weighted by Gasteiger charge is 2.24. The lowest BCUT2D eigenvalue weighted by Crippen LogP contribution is -2.48. The summed E-state index contributed by atoms with van der Waals surface area (Å²) in [5.41, 5.74) is 0.465. The molecule has 1 atom stereocenters. The second-order valence-electron chi connectivity index (χ2n) is 5.65. The molecule has 0 bridgehead atoms. The van der Waals surface area contributed by atoms with Gasteiger partial charge >= 0.3 is 0 Å². The Morgan fingerprint density at radius 3 is 2.23 bits per heavy atom. The molecule has 3 N–H and O–H groups in total. The lowest BCUT2D eigenvalue weighted by atomic mass is 10.3. The molecule has 0 aliphatic carbocycles. The van der Waals surface area contributed by atoms with Gasteiger partial charge in [0.25, 0.3) is 0 Å². The maximum atomic E-state index is 12.5. The van der Waals surface area contributed by atoms with Crippen molar-refractivity contribution in [2.75, 3.05) is 25.5 Å². The number of rotatable bonds is 8. The quantitative estimate of drug-likeness (QED) is 0.578. The van der Waals surface area contributed by atoms with Crippen LogP contribution in [0.3, 0.4) is 0 Å². The van der Waals surface area contributed by atoms with Gasteiger partial charge in [-0.05, 0) is 38.1 Å². The molecule has 1 aromatic carbocycles. The van der Waals surface area contributed by atoms with E-state index in [4.69, 9.17) is 0 Å². The van der Waals surface area contributed by atoms with Crippen LogP contribution in [0.25, 0.3) is 0 Å². The van der Waals surface area contributed by atoms with Crippen LogP contribution in [0.5, 0.6) is 0 Å². The van der Waals surface area contributed by atoms with E-state index in [0.29, 0.717) is 12.2 Å². The second-order valence-corrected chi connectivity index (χ2v) is 7.70. The number of nitrogens with one attached hydrogen (secondary N) is 3. The molecule has 0 fully saturated rings. The van der Waals surface area contributed by atoms with Crippen LogP contribution in [-0.4, -0.2) is 56.6 Å². The Labute approximate surface area is 153 Å². The molecule has 10 heteroatoms. The number of carbonyl (C=O) groups excluding carboxylic acids is 3. The van der Waals surface area contributed by atoms with Gasteiger partial charge < -0.3 is 16.0 Å². The number of likely N-dealkylation sites (N-methyl/N-ethyl adjacent to an activating group) is 2. The van der Waals surface area contributed by atoms with E-state index in [1.54, 1.807) is 6.92 Å². The topological polar surface area (TPSA) is 125 Å². The van der Waals surface area contributed by atoms with Crippen molar-refractivity contribution in [3.63, 3.8) is 0 Å². The van der Waals surface area contributed by atoms with Crippen LogP contribution in [-0.2, 0) is 24.4 Å². The van der Waals surface area contributed by atoms with Crippen LogP contribution < -0.4 is 16.0 Å². The van der Waals surface area contributed by atoms with Gasteiger partial charge in [0, 0.05) is 26.2 Å². The van der Waals surface area contributed by atoms with Gasteiger partial charge in [0.2, 0.25) is 27.7 Å². The first-order valence-electron chi connectivity index (χ1n) is 7.99. The zero-order chi connectivity index (χ0) is 19.9. The van der Waals surface area contributed by atoms with Crippen molar-refractivity contribution in [1.29, 1.82) is 0 Å². The monoisotopic (exact) mass is 384 g/mol. The largest absolute Gasteiger partial charge is 0.355 e. The molecule has 0 spiro atoms. The van der Waals surface area contributed by atoms with Gasteiger partial charge in [0.15, 0.2) is 0 Å². The van der Waals surface area contributed by atoms with Gasteiger partial charge in [0.1, 0.15) is 6.04 Å². The molecule has 3 amide bonds. The highest BCUT2D eigenvalue weighted by Crippen LogP contribution is 2.17. The van der Waals surface area contributed by atoms with Gasteiger partial charge in [-0.1, -0.05) is 0 Å². The fourth-order valence-electron chi connectivity index (χ4n) is 2.06. The van der Waals surface area contributed by atoms with Crippen molar-refractivity contribution in [3.8, 4) is 0 Å². The Kier molecular flexibility index (Phi) is 7.72. The van der Waals surface area contributed by atoms with Gasteiger partial charge in [0.05, 0.1) is 11.4 Å². The maximum absolute atomic E-state index is 12.5. The summed E-state index contributed by atoms with van der Waals surface area (Å²) in [6, 6.07) is 4.83. The Bertz CT molecular complexity index is 761. The van der Waals surface area contributed by atoms with Crippen LogP contribution in [0.15, 0.2) is 29.2 Å². The molecule has 26 heavy (non-hydrogen) atoms. The molecule has 0 saturated heterocycles. The molecule has 0 aliphatic rings. The summed E-state index contributed by atoms with van der Waals surface area (Å²) in [7, 11) is -2.62. The number of hydrogen-bond donors (Lipinski definition) is 3. The number of benzene rings is 1. The average Bonchev–Trinajstić information content (AvgIpc) is 2.54. The molecular weight excluding hydrogens is 360 g/mol. The first-order chi connectivity index (χ1) is 12.1. The molecular formula is C16H24N4O5S. The maximum Gasteiger partial charge on any atom is 0.243 e. The highest BCUT2D eigenvalue weighted by atomic mass is 32.2. The van der Waals surface area contributed by atoms with Gasteiger partial charge in [-0.3, -0.25) is 14.4 Å². The number of hydrogen-bond acceptors (Lipinski definition) is 5. The fourth-order valence-corrected chi connectivity index (χ4v) is 3.19. The normalized spacial score (nSPS) is 12.3. The van der Waals surface area contributed by atoms with Gasteiger partial charge in [-0.15, -0.1) is 0 Å². The Morgan fingerprint density at radius 2 is 1.73 bits per heavy atom. The van der Waals surface area contributed by atoms with Gasteiger partial charge in [-0.25, -0.2) is 8.42 Å². The number of nitrogens with zero attached hydrogens (tertiary/aromatic N) is 1. The minimum atomic E-state index is -3.89. The zero-order valence-corrected chi connectivity index (χ0v) is 16.0. The van der Waals surface area contributed by atoms with E-state index in [9.17, 15) is 22.8 Å². The molecule has 0 heterocycles.